The van der Waals surface area contributed by atoms with Gasteiger partial charge >= 0.3 is 0 Å². The molecule has 0 saturated heterocycles. The molecule has 0 amide bonds. The molecule has 0 aliphatic heterocycles. The summed E-state index contributed by atoms with van der Waals surface area (Å²) in [6.07, 6.45) is 24.9. The maximum Gasteiger partial charge on any atom is 0.00954 e. The topological polar surface area (TPSA) is 29.3 Å². The second-order valence-electron chi connectivity index (χ2n) is 9.60. The van der Waals surface area contributed by atoms with Crippen molar-refractivity contribution in [2.45, 2.75) is 135 Å². The molecule has 1 aliphatic rings. The van der Waals surface area contributed by atoms with Gasteiger partial charge in [0.1, 0.15) is 0 Å². The molecule has 0 bridgehead atoms. The van der Waals surface area contributed by atoms with E-state index in [-0.39, 0.29) is 0 Å². The summed E-state index contributed by atoms with van der Waals surface area (Å²) in [5.41, 5.74) is 6.49. The first-order chi connectivity index (χ1) is 13.6. The normalized spacial score (nSPS) is 20.0. The van der Waals surface area contributed by atoms with Crippen LogP contribution in [0.15, 0.2) is 12.3 Å². The highest BCUT2D eigenvalue weighted by Gasteiger charge is 2.23. The van der Waals surface area contributed by atoms with Crippen LogP contribution in [0.4, 0.5) is 0 Å². The van der Waals surface area contributed by atoms with Crippen molar-refractivity contribution in [2.75, 3.05) is 13.1 Å². The predicted molar refractivity (Wildman–Crippen MR) is 127 cm³/mol. The molecule has 0 atom stereocenters. The standard InChI is InChI=1S/C26H52N2/c1-4-5-6-7-12-15-22-28(26-20-18-24(2)19-21-26)23-16-13-10-8-9-11-14-17-25(3)27/h24,26H,3-23,27H2,1-2H3. The van der Waals surface area contributed by atoms with E-state index in [0.717, 1.165) is 24.1 Å². The van der Waals surface area contributed by atoms with E-state index >= 15 is 0 Å². The first-order valence-corrected chi connectivity index (χ1v) is 12.8. The van der Waals surface area contributed by atoms with Gasteiger partial charge in [-0.2, -0.15) is 0 Å². The molecule has 2 nitrogen and oxygen atoms in total. The van der Waals surface area contributed by atoms with E-state index in [1.54, 1.807) is 0 Å². The zero-order valence-electron chi connectivity index (χ0n) is 19.5. The summed E-state index contributed by atoms with van der Waals surface area (Å²) in [6, 6.07) is 0.885. The molecule has 2 heteroatoms. The number of rotatable bonds is 18. The summed E-state index contributed by atoms with van der Waals surface area (Å²) >= 11 is 0. The maximum absolute atomic E-state index is 5.64. The predicted octanol–water partition coefficient (Wildman–Crippen LogP) is 7.82. The molecule has 0 spiro atoms. The Morgan fingerprint density at radius 3 is 1.71 bits per heavy atom. The molecule has 0 aromatic heterocycles. The first kappa shape index (κ1) is 25.5. The zero-order valence-corrected chi connectivity index (χ0v) is 19.5. The summed E-state index contributed by atoms with van der Waals surface area (Å²) in [5.74, 6) is 0.962. The zero-order chi connectivity index (χ0) is 20.5. The smallest absolute Gasteiger partial charge is 0.00954 e. The van der Waals surface area contributed by atoms with Crippen LogP contribution in [0.2, 0.25) is 0 Å². The van der Waals surface area contributed by atoms with Crippen LogP contribution < -0.4 is 5.73 Å². The Hall–Kier alpha value is -0.500. The average molecular weight is 393 g/mol. The van der Waals surface area contributed by atoms with E-state index in [4.69, 9.17) is 5.73 Å². The van der Waals surface area contributed by atoms with Gasteiger partial charge in [0.15, 0.2) is 0 Å². The van der Waals surface area contributed by atoms with Crippen molar-refractivity contribution in [1.29, 1.82) is 0 Å². The van der Waals surface area contributed by atoms with Gasteiger partial charge < -0.3 is 10.6 Å². The van der Waals surface area contributed by atoms with Gasteiger partial charge in [-0.1, -0.05) is 84.6 Å². The lowest BCUT2D eigenvalue weighted by Gasteiger charge is -2.36. The maximum atomic E-state index is 5.64. The number of hydrogen-bond donors (Lipinski definition) is 1. The third-order valence-electron chi connectivity index (χ3n) is 6.74. The summed E-state index contributed by atoms with van der Waals surface area (Å²) in [4.78, 5) is 2.89. The van der Waals surface area contributed by atoms with Crippen LogP contribution in [-0.4, -0.2) is 24.0 Å². The van der Waals surface area contributed by atoms with Crippen molar-refractivity contribution in [3.63, 3.8) is 0 Å². The van der Waals surface area contributed by atoms with E-state index < -0.39 is 0 Å². The molecule has 0 aromatic carbocycles. The minimum atomic E-state index is 0.850. The van der Waals surface area contributed by atoms with Crippen LogP contribution in [0.5, 0.6) is 0 Å². The monoisotopic (exact) mass is 392 g/mol. The molecule has 1 aliphatic carbocycles. The Morgan fingerprint density at radius 2 is 1.21 bits per heavy atom. The third kappa shape index (κ3) is 13.6. The van der Waals surface area contributed by atoms with Crippen molar-refractivity contribution in [3.05, 3.63) is 12.3 Å². The molecule has 166 valence electrons. The van der Waals surface area contributed by atoms with Crippen LogP contribution >= 0.6 is 0 Å². The van der Waals surface area contributed by atoms with Crippen LogP contribution in [0.3, 0.4) is 0 Å². The summed E-state index contributed by atoms with van der Waals surface area (Å²) in [7, 11) is 0. The molecule has 2 N–H and O–H groups in total. The number of nitrogens with zero attached hydrogens (tertiary/aromatic N) is 1. The first-order valence-electron chi connectivity index (χ1n) is 12.8. The molecular weight excluding hydrogens is 340 g/mol. The Morgan fingerprint density at radius 1 is 0.750 bits per heavy atom. The summed E-state index contributed by atoms with van der Waals surface area (Å²) in [5, 5.41) is 0. The highest BCUT2D eigenvalue weighted by atomic mass is 15.1. The molecule has 1 saturated carbocycles. The lowest BCUT2D eigenvalue weighted by Crippen LogP contribution is -2.39. The lowest BCUT2D eigenvalue weighted by molar-refractivity contribution is 0.134. The fraction of sp³-hybridized carbons (Fsp3) is 0.923. The Kier molecular flexibility index (Phi) is 15.8. The molecular formula is C26H52N2. The Labute approximate surface area is 177 Å². The molecule has 0 radical (unpaired) electrons. The van der Waals surface area contributed by atoms with Gasteiger partial charge in [0.2, 0.25) is 0 Å². The van der Waals surface area contributed by atoms with E-state index in [9.17, 15) is 0 Å². The fourth-order valence-corrected chi connectivity index (χ4v) is 4.73. The van der Waals surface area contributed by atoms with Gasteiger partial charge in [-0.05, 0) is 70.4 Å². The number of unbranched alkanes of at least 4 members (excludes halogenated alkanes) is 11. The highest BCUT2D eigenvalue weighted by Crippen LogP contribution is 2.28. The highest BCUT2D eigenvalue weighted by molar-refractivity contribution is 4.84. The average Bonchev–Trinajstić information content (AvgIpc) is 2.68. The molecule has 0 unspecified atom stereocenters. The molecule has 0 aromatic rings. The van der Waals surface area contributed by atoms with Gasteiger partial charge in [-0.15, -0.1) is 0 Å². The van der Waals surface area contributed by atoms with Crippen LogP contribution in [0.1, 0.15) is 129 Å². The van der Waals surface area contributed by atoms with E-state index in [1.165, 1.54) is 122 Å². The fourth-order valence-electron chi connectivity index (χ4n) is 4.73. The van der Waals surface area contributed by atoms with Crippen LogP contribution in [-0.2, 0) is 0 Å². The van der Waals surface area contributed by atoms with Gasteiger partial charge in [0.25, 0.3) is 0 Å². The second kappa shape index (κ2) is 17.4. The largest absolute Gasteiger partial charge is 0.403 e. The third-order valence-corrected chi connectivity index (χ3v) is 6.74. The van der Waals surface area contributed by atoms with Crippen molar-refractivity contribution >= 4 is 0 Å². The van der Waals surface area contributed by atoms with Crippen molar-refractivity contribution in [2.24, 2.45) is 11.7 Å². The van der Waals surface area contributed by atoms with Gasteiger partial charge in [0.05, 0.1) is 0 Å². The number of hydrogen-bond acceptors (Lipinski definition) is 2. The van der Waals surface area contributed by atoms with Gasteiger partial charge in [0, 0.05) is 11.7 Å². The Bertz CT molecular complexity index is 357. The van der Waals surface area contributed by atoms with Crippen molar-refractivity contribution in [1.82, 2.24) is 4.90 Å². The van der Waals surface area contributed by atoms with E-state index in [1.807, 2.05) is 0 Å². The second-order valence-corrected chi connectivity index (χ2v) is 9.60. The van der Waals surface area contributed by atoms with Crippen LogP contribution in [0.25, 0.3) is 0 Å². The molecule has 1 rings (SSSR count). The lowest BCUT2D eigenvalue weighted by atomic mass is 9.86. The summed E-state index contributed by atoms with van der Waals surface area (Å²) < 4.78 is 0. The number of nitrogens with two attached hydrogens (primary N) is 1. The summed E-state index contributed by atoms with van der Waals surface area (Å²) in [6.45, 7) is 11.2. The molecule has 28 heavy (non-hydrogen) atoms. The van der Waals surface area contributed by atoms with Gasteiger partial charge in [-0.25, -0.2) is 0 Å². The minimum Gasteiger partial charge on any atom is -0.403 e. The minimum absolute atomic E-state index is 0.850. The van der Waals surface area contributed by atoms with E-state index in [0.29, 0.717) is 0 Å². The number of allylic oxidation sites excluding steroid dienone is 1. The van der Waals surface area contributed by atoms with Crippen LogP contribution in [0, 0.1) is 5.92 Å². The van der Waals surface area contributed by atoms with Gasteiger partial charge in [-0.3, -0.25) is 0 Å². The SMILES string of the molecule is C=C(N)CCCCCCCCCN(CCCCCCCC)C1CCC(C)CC1. The molecule has 1 fully saturated rings. The Balaban J connectivity index is 2.15. The van der Waals surface area contributed by atoms with Crippen molar-refractivity contribution < 1.29 is 0 Å². The van der Waals surface area contributed by atoms with Crippen molar-refractivity contribution in [3.8, 4) is 0 Å². The molecule has 0 heterocycles. The quantitative estimate of drug-likeness (QED) is 0.241. The van der Waals surface area contributed by atoms with E-state index in [2.05, 4.69) is 25.3 Å².